The number of carbonyl (C=O) groups is 1. The quantitative estimate of drug-likeness (QED) is 0.844. The first kappa shape index (κ1) is 13.1. The van der Waals surface area contributed by atoms with Crippen LogP contribution in [0.3, 0.4) is 0 Å². The number of aromatic nitrogens is 1. The van der Waals surface area contributed by atoms with E-state index >= 15 is 0 Å². The van der Waals surface area contributed by atoms with Gasteiger partial charge in [-0.3, -0.25) is 9.78 Å². The molecule has 1 aromatic heterocycles. The highest BCUT2D eigenvalue weighted by Gasteiger charge is 2.26. The zero-order valence-electron chi connectivity index (χ0n) is 9.86. The molecule has 0 aliphatic heterocycles. The fourth-order valence-corrected chi connectivity index (χ4v) is 1.93. The minimum Gasteiger partial charge on any atom is -0.396 e. The van der Waals surface area contributed by atoms with E-state index < -0.39 is 0 Å². The number of carbonyl (C=O) groups excluding carboxylic acids is 1. The van der Waals surface area contributed by atoms with Crippen LogP contribution in [0.5, 0.6) is 0 Å². The van der Waals surface area contributed by atoms with Crippen LogP contribution in [0.2, 0.25) is 0 Å². The molecular weight excluding hydrogens is 224 g/mol. The summed E-state index contributed by atoms with van der Waals surface area (Å²) in [6, 6.07) is -0.0351. The van der Waals surface area contributed by atoms with E-state index in [-0.39, 0.29) is 24.0 Å². The summed E-state index contributed by atoms with van der Waals surface area (Å²) in [5.41, 5.74) is 1.57. The third-order valence-electron chi connectivity index (χ3n) is 2.42. The molecule has 0 radical (unpaired) electrons. The Kier molecular flexibility index (Phi) is 4.44. The lowest BCUT2D eigenvalue weighted by Crippen LogP contribution is -2.44. The van der Waals surface area contributed by atoms with E-state index in [9.17, 15) is 4.79 Å². The van der Waals surface area contributed by atoms with Gasteiger partial charge in [-0.2, -0.15) is 0 Å². The molecule has 0 fully saturated rings. The summed E-state index contributed by atoms with van der Waals surface area (Å²) in [5.74, 6) is -0.115. The van der Waals surface area contributed by atoms with Gasteiger partial charge in [0.15, 0.2) is 0 Å². The average molecular weight is 242 g/mol. The van der Waals surface area contributed by atoms with Crippen molar-refractivity contribution in [3.05, 3.63) is 16.6 Å². The maximum atomic E-state index is 11.8. The van der Waals surface area contributed by atoms with E-state index in [1.54, 1.807) is 11.7 Å². The van der Waals surface area contributed by atoms with Crippen LogP contribution in [0, 0.1) is 5.41 Å². The Balaban J connectivity index is 2.66. The second-order valence-electron chi connectivity index (χ2n) is 4.77. The fraction of sp³-hybridized carbons (Fsp3) is 0.636. The number of nitrogens with one attached hydrogen (secondary N) is 1. The Bertz CT molecular complexity index is 330. The first-order valence-corrected chi connectivity index (χ1v) is 6.13. The maximum absolute atomic E-state index is 11.8. The molecule has 2 N–H and O–H groups in total. The molecule has 1 amide bonds. The van der Waals surface area contributed by atoms with E-state index in [4.69, 9.17) is 5.11 Å². The fourth-order valence-electron chi connectivity index (χ4n) is 1.41. The maximum Gasteiger partial charge on any atom is 0.263 e. The molecule has 0 aliphatic carbocycles. The van der Waals surface area contributed by atoms with Crippen molar-refractivity contribution in [3.8, 4) is 0 Å². The van der Waals surface area contributed by atoms with Crippen molar-refractivity contribution < 1.29 is 9.90 Å². The van der Waals surface area contributed by atoms with Crippen molar-refractivity contribution in [2.24, 2.45) is 5.41 Å². The van der Waals surface area contributed by atoms with Gasteiger partial charge >= 0.3 is 0 Å². The molecule has 16 heavy (non-hydrogen) atoms. The number of thiazole rings is 1. The summed E-state index contributed by atoms with van der Waals surface area (Å²) in [7, 11) is 0. The van der Waals surface area contributed by atoms with Gasteiger partial charge in [-0.15, -0.1) is 11.3 Å². The van der Waals surface area contributed by atoms with Crippen molar-refractivity contribution in [2.75, 3.05) is 6.61 Å². The van der Waals surface area contributed by atoms with Gasteiger partial charge in [0.1, 0.15) is 4.88 Å². The number of aliphatic hydroxyl groups excluding tert-OH is 1. The lowest BCUT2D eigenvalue weighted by Gasteiger charge is -2.30. The van der Waals surface area contributed by atoms with Crippen molar-refractivity contribution >= 4 is 17.2 Å². The third-order valence-corrected chi connectivity index (χ3v) is 3.20. The van der Waals surface area contributed by atoms with Gasteiger partial charge in [-0.25, -0.2) is 0 Å². The van der Waals surface area contributed by atoms with E-state index in [0.29, 0.717) is 11.3 Å². The van der Waals surface area contributed by atoms with Gasteiger partial charge in [-0.05, 0) is 11.8 Å². The molecule has 1 atom stereocenters. The Labute approximate surface area is 99.7 Å². The van der Waals surface area contributed by atoms with Gasteiger partial charge in [0, 0.05) is 12.6 Å². The SMILES string of the molecule is CC(C)(C)C(CCO)NC(=O)c1cncs1. The van der Waals surface area contributed by atoms with Crippen LogP contribution in [0.15, 0.2) is 11.7 Å². The predicted octanol–water partition coefficient (Wildman–Crippen LogP) is 1.67. The molecule has 90 valence electrons. The van der Waals surface area contributed by atoms with Crippen LogP contribution >= 0.6 is 11.3 Å². The van der Waals surface area contributed by atoms with Gasteiger partial charge in [0.2, 0.25) is 0 Å². The van der Waals surface area contributed by atoms with Crippen molar-refractivity contribution in [3.63, 3.8) is 0 Å². The standard InChI is InChI=1S/C11H18N2O2S/c1-11(2,3)9(4-5-14)13-10(15)8-6-12-7-16-8/h6-7,9,14H,4-5H2,1-3H3,(H,13,15). The Morgan fingerprint density at radius 3 is 2.75 bits per heavy atom. The molecule has 0 saturated carbocycles. The van der Waals surface area contributed by atoms with Gasteiger partial charge < -0.3 is 10.4 Å². The Morgan fingerprint density at radius 2 is 2.31 bits per heavy atom. The third kappa shape index (κ3) is 3.57. The number of hydrogen-bond donors (Lipinski definition) is 2. The van der Waals surface area contributed by atoms with Crippen LogP contribution in [-0.4, -0.2) is 28.6 Å². The smallest absolute Gasteiger partial charge is 0.263 e. The second kappa shape index (κ2) is 5.41. The van der Waals surface area contributed by atoms with Crippen molar-refractivity contribution in [1.82, 2.24) is 10.3 Å². The summed E-state index contributed by atoms with van der Waals surface area (Å²) >= 11 is 1.32. The van der Waals surface area contributed by atoms with E-state index in [1.807, 2.05) is 20.8 Å². The van der Waals surface area contributed by atoms with Gasteiger partial charge in [0.25, 0.3) is 5.91 Å². The lowest BCUT2D eigenvalue weighted by atomic mass is 9.85. The van der Waals surface area contributed by atoms with Gasteiger partial charge in [0.05, 0.1) is 11.7 Å². The van der Waals surface area contributed by atoms with Gasteiger partial charge in [-0.1, -0.05) is 20.8 Å². The molecule has 0 aliphatic rings. The number of amides is 1. The molecule has 0 spiro atoms. The molecule has 1 heterocycles. The molecule has 0 saturated heterocycles. The highest BCUT2D eigenvalue weighted by molar-refractivity contribution is 7.11. The molecule has 0 aromatic carbocycles. The van der Waals surface area contributed by atoms with Crippen molar-refractivity contribution in [1.29, 1.82) is 0 Å². The summed E-state index contributed by atoms with van der Waals surface area (Å²) < 4.78 is 0. The minimum atomic E-state index is -0.115. The molecule has 4 nitrogen and oxygen atoms in total. The summed E-state index contributed by atoms with van der Waals surface area (Å²) in [6.45, 7) is 6.20. The highest BCUT2D eigenvalue weighted by atomic mass is 32.1. The topological polar surface area (TPSA) is 62.2 Å². The van der Waals surface area contributed by atoms with E-state index in [0.717, 1.165) is 0 Å². The van der Waals surface area contributed by atoms with Crippen molar-refractivity contribution in [2.45, 2.75) is 33.2 Å². The molecular formula is C11H18N2O2S. The average Bonchev–Trinajstić information content (AvgIpc) is 2.68. The van der Waals surface area contributed by atoms with Crippen LogP contribution in [0.25, 0.3) is 0 Å². The zero-order valence-corrected chi connectivity index (χ0v) is 10.7. The lowest BCUT2D eigenvalue weighted by molar-refractivity contribution is 0.0889. The number of rotatable bonds is 4. The molecule has 5 heteroatoms. The monoisotopic (exact) mass is 242 g/mol. The Morgan fingerprint density at radius 1 is 1.62 bits per heavy atom. The highest BCUT2D eigenvalue weighted by Crippen LogP contribution is 2.22. The summed E-state index contributed by atoms with van der Waals surface area (Å²) in [5, 5.41) is 11.9. The summed E-state index contributed by atoms with van der Waals surface area (Å²) in [4.78, 5) is 16.3. The second-order valence-corrected chi connectivity index (χ2v) is 5.66. The number of hydrogen-bond acceptors (Lipinski definition) is 4. The van der Waals surface area contributed by atoms with Crippen LogP contribution in [0.4, 0.5) is 0 Å². The van der Waals surface area contributed by atoms with Crippen LogP contribution in [0.1, 0.15) is 36.9 Å². The zero-order chi connectivity index (χ0) is 12.2. The normalized spacial score (nSPS) is 13.5. The Hall–Kier alpha value is -0.940. The summed E-state index contributed by atoms with van der Waals surface area (Å²) in [6.07, 6.45) is 2.12. The number of nitrogens with zero attached hydrogens (tertiary/aromatic N) is 1. The first-order valence-electron chi connectivity index (χ1n) is 5.25. The molecule has 1 rings (SSSR count). The largest absolute Gasteiger partial charge is 0.396 e. The molecule has 0 bridgehead atoms. The van der Waals surface area contributed by atoms with E-state index in [2.05, 4.69) is 10.3 Å². The molecule has 1 unspecified atom stereocenters. The van der Waals surface area contributed by atoms with E-state index in [1.165, 1.54) is 11.3 Å². The minimum absolute atomic E-state index is 0.0351. The van der Waals surface area contributed by atoms with Crippen LogP contribution in [-0.2, 0) is 0 Å². The first-order chi connectivity index (χ1) is 7.45. The van der Waals surface area contributed by atoms with Crippen LogP contribution < -0.4 is 5.32 Å². The molecule has 1 aromatic rings. The number of aliphatic hydroxyl groups is 1. The predicted molar refractivity (Wildman–Crippen MR) is 64.5 cm³/mol.